The molecule has 0 radical (unpaired) electrons. The van der Waals surface area contributed by atoms with E-state index in [1.807, 2.05) is 6.92 Å². The van der Waals surface area contributed by atoms with Crippen LogP contribution in [0.1, 0.15) is 18.9 Å². The normalized spacial score (nSPS) is 30.4. The first-order valence-corrected chi connectivity index (χ1v) is 5.66. The Hall–Kier alpha value is -0.710. The van der Waals surface area contributed by atoms with E-state index in [9.17, 15) is 9.50 Å². The fourth-order valence-corrected chi connectivity index (χ4v) is 2.30. The second-order valence-electron chi connectivity index (χ2n) is 4.27. The van der Waals surface area contributed by atoms with E-state index in [0.29, 0.717) is 24.5 Å². The van der Waals surface area contributed by atoms with Crippen LogP contribution in [0.5, 0.6) is 0 Å². The van der Waals surface area contributed by atoms with E-state index in [0.717, 1.165) is 0 Å². The summed E-state index contributed by atoms with van der Waals surface area (Å²) in [5.41, 5.74) is -0.971. The van der Waals surface area contributed by atoms with Crippen LogP contribution in [0.25, 0.3) is 0 Å². The van der Waals surface area contributed by atoms with Gasteiger partial charge in [0.05, 0.1) is 10.6 Å². The van der Waals surface area contributed by atoms with E-state index < -0.39 is 11.5 Å². The molecule has 1 aromatic heterocycles. The maximum atomic E-state index is 13.6. The second-order valence-corrected chi connectivity index (χ2v) is 4.71. The van der Waals surface area contributed by atoms with E-state index in [-0.39, 0.29) is 11.5 Å². The van der Waals surface area contributed by atoms with E-state index in [1.165, 1.54) is 12.3 Å². The Morgan fingerprint density at radius 1 is 1.69 bits per heavy atom. The topological polar surface area (TPSA) is 45.1 Å². The minimum atomic E-state index is -1.17. The van der Waals surface area contributed by atoms with Gasteiger partial charge in [0.15, 0.2) is 0 Å². The summed E-state index contributed by atoms with van der Waals surface area (Å²) in [5.74, 6) is -0.711. The van der Waals surface area contributed by atoms with Crippen molar-refractivity contribution in [3.05, 3.63) is 28.8 Å². The number of nitrogens with one attached hydrogen (secondary N) is 1. The monoisotopic (exact) mass is 244 g/mol. The quantitative estimate of drug-likeness (QED) is 0.739. The van der Waals surface area contributed by atoms with Crippen molar-refractivity contribution in [2.45, 2.75) is 18.9 Å². The van der Waals surface area contributed by atoms with Crippen LogP contribution in [-0.4, -0.2) is 23.2 Å². The van der Waals surface area contributed by atoms with Crippen molar-refractivity contribution < 1.29 is 9.50 Å². The SMILES string of the molecule is CC1CNCCC1(O)c1cc(Cl)cnc1F. The van der Waals surface area contributed by atoms with Gasteiger partial charge in [-0.1, -0.05) is 18.5 Å². The molecule has 0 saturated carbocycles. The van der Waals surface area contributed by atoms with Crippen molar-refractivity contribution in [3.8, 4) is 0 Å². The highest BCUT2D eigenvalue weighted by atomic mass is 35.5. The van der Waals surface area contributed by atoms with Crippen LogP contribution in [0, 0.1) is 11.9 Å². The molecule has 2 rings (SSSR count). The van der Waals surface area contributed by atoms with Gasteiger partial charge in [0.1, 0.15) is 0 Å². The fraction of sp³-hybridized carbons (Fsp3) is 0.545. The van der Waals surface area contributed by atoms with Crippen LogP contribution in [0.4, 0.5) is 4.39 Å². The Kier molecular flexibility index (Phi) is 3.15. The first-order chi connectivity index (χ1) is 7.54. The van der Waals surface area contributed by atoms with Gasteiger partial charge < -0.3 is 10.4 Å². The standard InChI is InChI=1S/C11H14ClFN2O/c1-7-5-14-3-2-11(7,16)9-4-8(12)6-15-10(9)13/h4,6-7,14,16H,2-3,5H2,1H3. The van der Waals surface area contributed by atoms with E-state index in [4.69, 9.17) is 11.6 Å². The lowest BCUT2D eigenvalue weighted by atomic mass is 9.78. The summed E-state index contributed by atoms with van der Waals surface area (Å²) < 4.78 is 13.6. The van der Waals surface area contributed by atoms with E-state index >= 15 is 0 Å². The van der Waals surface area contributed by atoms with Crippen LogP contribution >= 0.6 is 11.6 Å². The molecular formula is C11H14ClFN2O. The highest BCUT2D eigenvalue weighted by Crippen LogP contribution is 2.36. The van der Waals surface area contributed by atoms with Crippen LogP contribution in [-0.2, 0) is 5.60 Å². The molecule has 0 amide bonds. The van der Waals surface area contributed by atoms with Crippen LogP contribution in [0.3, 0.4) is 0 Å². The fourth-order valence-electron chi connectivity index (χ4n) is 2.14. The number of pyridine rings is 1. The Morgan fingerprint density at radius 3 is 3.12 bits per heavy atom. The molecule has 3 nitrogen and oxygen atoms in total. The maximum absolute atomic E-state index is 13.6. The summed E-state index contributed by atoms with van der Waals surface area (Å²) in [6, 6.07) is 1.46. The number of hydrogen-bond acceptors (Lipinski definition) is 3. The predicted molar refractivity (Wildman–Crippen MR) is 59.8 cm³/mol. The van der Waals surface area contributed by atoms with Gasteiger partial charge in [-0.15, -0.1) is 0 Å². The molecule has 0 spiro atoms. The second kappa shape index (κ2) is 4.28. The van der Waals surface area contributed by atoms with Crippen molar-refractivity contribution in [3.63, 3.8) is 0 Å². The summed E-state index contributed by atoms with van der Waals surface area (Å²) in [4.78, 5) is 3.55. The van der Waals surface area contributed by atoms with Crippen molar-refractivity contribution in [2.24, 2.45) is 5.92 Å². The van der Waals surface area contributed by atoms with Crippen LogP contribution in [0.2, 0.25) is 5.02 Å². The molecule has 16 heavy (non-hydrogen) atoms. The zero-order chi connectivity index (χ0) is 11.8. The number of halogens is 2. The Bertz CT molecular complexity index is 402. The third kappa shape index (κ3) is 1.93. The third-order valence-corrected chi connectivity index (χ3v) is 3.43. The number of aliphatic hydroxyl groups is 1. The highest BCUT2D eigenvalue weighted by Gasteiger charge is 2.40. The molecule has 2 unspecified atom stereocenters. The minimum Gasteiger partial charge on any atom is -0.385 e. The molecule has 1 saturated heterocycles. The van der Waals surface area contributed by atoms with Gasteiger partial charge in [-0.2, -0.15) is 4.39 Å². The molecule has 5 heteroatoms. The zero-order valence-corrected chi connectivity index (χ0v) is 9.76. The molecule has 88 valence electrons. The summed E-state index contributed by atoms with van der Waals surface area (Å²) in [7, 11) is 0. The van der Waals surface area contributed by atoms with Crippen LogP contribution in [0.15, 0.2) is 12.3 Å². The zero-order valence-electron chi connectivity index (χ0n) is 9.00. The van der Waals surface area contributed by atoms with Crippen molar-refractivity contribution in [1.82, 2.24) is 10.3 Å². The lowest BCUT2D eigenvalue weighted by Crippen LogP contribution is -2.47. The molecule has 2 N–H and O–H groups in total. The summed E-state index contributed by atoms with van der Waals surface area (Å²) in [5, 5.41) is 14.0. The van der Waals surface area contributed by atoms with Gasteiger partial charge in [0.2, 0.25) is 5.95 Å². The molecule has 1 aliphatic heterocycles. The van der Waals surface area contributed by atoms with Crippen molar-refractivity contribution in [1.29, 1.82) is 0 Å². The van der Waals surface area contributed by atoms with Crippen molar-refractivity contribution in [2.75, 3.05) is 13.1 Å². The third-order valence-electron chi connectivity index (χ3n) is 3.22. The predicted octanol–water partition coefficient (Wildman–Crippen LogP) is 1.69. The summed E-state index contributed by atoms with van der Waals surface area (Å²) in [6.07, 6.45) is 1.71. The average Bonchev–Trinajstić information content (AvgIpc) is 2.26. The molecule has 0 aromatic carbocycles. The molecular weight excluding hydrogens is 231 g/mol. The first-order valence-electron chi connectivity index (χ1n) is 5.28. The molecule has 2 atom stereocenters. The number of piperidine rings is 1. The van der Waals surface area contributed by atoms with Gasteiger partial charge in [-0.25, -0.2) is 4.98 Å². The van der Waals surface area contributed by atoms with E-state index in [2.05, 4.69) is 10.3 Å². The Labute approximate surface area is 98.6 Å². The van der Waals surface area contributed by atoms with Gasteiger partial charge in [-0.05, 0) is 19.0 Å². The number of hydrogen-bond donors (Lipinski definition) is 2. The molecule has 0 bridgehead atoms. The van der Waals surface area contributed by atoms with Gasteiger partial charge >= 0.3 is 0 Å². The van der Waals surface area contributed by atoms with Gasteiger partial charge in [0, 0.05) is 24.2 Å². The lowest BCUT2D eigenvalue weighted by Gasteiger charge is -2.38. The highest BCUT2D eigenvalue weighted by molar-refractivity contribution is 6.30. The number of aromatic nitrogens is 1. The van der Waals surface area contributed by atoms with Crippen molar-refractivity contribution >= 4 is 11.6 Å². The largest absolute Gasteiger partial charge is 0.385 e. The van der Waals surface area contributed by atoms with Gasteiger partial charge in [-0.3, -0.25) is 0 Å². The summed E-state index contributed by atoms with van der Waals surface area (Å²) in [6.45, 7) is 3.20. The first kappa shape index (κ1) is 11.8. The Balaban J connectivity index is 2.44. The lowest BCUT2D eigenvalue weighted by molar-refractivity contribution is -0.0425. The Morgan fingerprint density at radius 2 is 2.44 bits per heavy atom. The molecule has 0 aliphatic carbocycles. The average molecular weight is 245 g/mol. The molecule has 2 heterocycles. The smallest absolute Gasteiger partial charge is 0.219 e. The van der Waals surface area contributed by atoms with Gasteiger partial charge in [0.25, 0.3) is 0 Å². The number of rotatable bonds is 1. The van der Waals surface area contributed by atoms with E-state index in [1.54, 1.807) is 0 Å². The minimum absolute atomic E-state index is 0.0731. The maximum Gasteiger partial charge on any atom is 0.219 e. The number of nitrogens with zero attached hydrogens (tertiary/aromatic N) is 1. The molecule has 1 aromatic rings. The summed E-state index contributed by atoms with van der Waals surface area (Å²) >= 11 is 5.79. The molecule has 1 fully saturated rings. The molecule has 1 aliphatic rings. The van der Waals surface area contributed by atoms with Crippen LogP contribution < -0.4 is 5.32 Å².